The molecule has 1 saturated heterocycles. The second-order valence-corrected chi connectivity index (χ2v) is 10.1. The highest BCUT2D eigenvalue weighted by Crippen LogP contribution is 2.31. The van der Waals surface area contributed by atoms with E-state index in [4.69, 9.17) is 19.4 Å². The minimum absolute atomic E-state index is 0.0671. The number of anilines is 2. The number of aromatic nitrogens is 2. The molecule has 0 spiro atoms. The number of ether oxygens (including phenoxy) is 2. The Bertz CT molecular complexity index is 1220. The molecule has 0 radical (unpaired) electrons. The molecule has 1 aromatic heterocycles. The van der Waals surface area contributed by atoms with Crippen LogP contribution in [-0.2, 0) is 24.2 Å². The fourth-order valence-corrected chi connectivity index (χ4v) is 5.13. The molecule has 0 aliphatic carbocycles. The second-order valence-electron chi connectivity index (χ2n) is 10.1. The van der Waals surface area contributed by atoms with Gasteiger partial charge in [0, 0.05) is 71.2 Å². The van der Waals surface area contributed by atoms with E-state index in [0.29, 0.717) is 32.5 Å². The fraction of sp³-hybridized carbons (Fsp3) is 0.448. The number of methoxy groups -OCH3 is 1. The van der Waals surface area contributed by atoms with Gasteiger partial charge in [0.2, 0.25) is 0 Å². The van der Waals surface area contributed by atoms with E-state index in [2.05, 4.69) is 46.3 Å². The number of fused-ring (bicyclic) bond motifs is 1. The zero-order valence-corrected chi connectivity index (χ0v) is 22.0. The standard InChI is InChI=1S/C29H35F2N5O2/c1-20(19-37-2)32-28-29(36-14-10-23(11-15-36)38-27-9-8-22(30)16-24(27)31)34-25-12-13-35(18-26(25)33-28)17-21-6-4-3-5-7-21/h3-9,16,20,23H,10-15,17-19H2,1-2H3,(H,32,33)/t20-/m1/s1. The van der Waals surface area contributed by atoms with E-state index >= 15 is 0 Å². The van der Waals surface area contributed by atoms with E-state index in [1.807, 2.05) is 6.07 Å². The minimum Gasteiger partial charge on any atom is -0.487 e. The molecule has 3 heterocycles. The topological polar surface area (TPSA) is 62.8 Å². The summed E-state index contributed by atoms with van der Waals surface area (Å²) in [6.07, 6.45) is 2.10. The molecule has 1 fully saturated rings. The van der Waals surface area contributed by atoms with Crippen LogP contribution >= 0.6 is 0 Å². The zero-order chi connectivity index (χ0) is 26.5. The van der Waals surface area contributed by atoms with Crippen molar-refractivity contribution in [3.05, 3.63) is 77.1 Å². The molecule has 1 atom stereocenters. The maximum Gasteiger partial charge on any atom is 0.172 e. The minimum atomic E-state index is -0.673. The molecule has 0 amide bonds. The van der Waals surface area contributed by atoms with Crippen molar-refractivity contribution in [2.45, 2.75) is 51.4 Å². The van der Waals surface area contributed by atoms with Crippen molar-refractivity contribution < 1.29 is 18.3 Å². The molecule has 0 unspecified atom stereocenters. The number of hydrogen-bond acceptors (Lipinski definition) is 7. The maximum atomic E-state index is 14.1. The molecular weight excluding hydrogens is 488 g/mol. The predicted octanol–water partition coefficient (Wildman–Crippen LogP) is 4.81. The maximum absolute atomic E-state index is 14.1. The highest BCUT2D eigenvalue weighted by Gasteiger charge is 2.28. The molecule has 1 N–H and O–H groups in total. The van der Waals surface area contributed by atoms with Crippen molar-refractivity contribution in [2.24, 2.45) is 0 Å². The molecule has 38 heavy (non-hydrogen) atoms. The number of hydrogen-bond donors (Lipinski definition) is 1. The molecule has 2 aromatic carbocycles. The van der Waals surface area contributed by atoms with Gasteiger partial charge in [-0.2, -0.15) is 0 Å². The molecule has 202 valence electrons. The number of rotatable bonds is 9. The Morgan fingerprint density at radius 3 is 2.55 bits per heavy atom. The third kappa shape index (κ3) is 6.39. The summed E-state index contributed by atoms with van der Waals surface area (Å²) >= 11 is 0. The summed E-state index contributed by atoms with van der Waals surface area (Å²) in [6.45, 7) is 6.59. The van der Waals surface area contributed by atoms with Crippen molar-refractivity contribution in [1.82, 2.24) is 14.9 Å². The second kappa shape index (κ2) is 12.0. The predicted molar refractivity (Wildman–Crippen MR) is 143 cm³/mol. The van der Waals surface area contributed by atoms with Gasteiger partial charge in [0.05, 0.1) is 18.0 Å². The van der Waals surface area contributed by atoms with Crippen LogP contribution in [0, 0.1) is 11.6 Å². The lowest BCUT2D eigenvalue weighted by Gasteiger charge is -2.35. The van der Waals surface area contributed by atoms with E-state index < -0.39 is 11.6 Å². The fourth-order valence-electron chi connectivity index (χ4n) is 5.13. The van der Waals surface area contributed by atoms with E-state index in [-0.39, 0.29) is 17.9 Å². The van der Waals surface area contributed by atoms with Gasteiger partial charge in [0.25, 0.3) is 0 Å². The number of benzene rings is 2. The van der Waals surface area contributed by atoms with Gasteiger partial charge in [-0.3, -0.25) is 4.90 Å². The largest absolute Gasteiger partial charge is 0.487 e. The molecule has 2 aliphatic heterocycles. The lowest BCUT2D eigenvalue weighted by atomic mass is 10.1. The molecule has 2 aliphatic rings. The molecule has 7 nitrogen and oxygen atoms in total. The zero-order valence-electron chi connectivity index (χ0n) is 22.0. The normalized spacial score (nSPS) is 17.2. The van der Waals surface area contributed by atoms with Crippen LogP contribution in [0.1, 0.15) is 36.7 Å². The van der Waals surface area contributed by atoms with E-state index in [1.54, 1.807) is 7.11 Å². The van der Waals surface area contributed by atoms with Crippen molar-refractivity contribution in [1.29, 1.82) is 0 Å². The summed E-state index contributed by atoms with van der Waals surface area (Å²) in [5.41, 5.74) is 3.34. The molecule has 3 aromatic rings. The Balaban J connectivity index is 1.30. The Kier molecular flexibility index (Phi) is 8.34. The summed E-state index contributed by atoms with van der Waals surface area (Å²) in [7, 11) is 1.69. The molecule has 9 heteroatoms. The van der Waals surface area contributed by atoms with Gasteiger partial charge in [0.15, 0.2) is 23.2 Å². The van der Waals surface area contributed by atoms with Crippen LogP contribution in [0.3, 0.4) is 0 Å². The summed E-state index contributed by atoms with van der Waals surface area (Å²) in [5, 5.41) is 3.51. The lowest BCUT2D eigenvalue weighted by Crippen LogP contribution is -2.40. The average molecular weight is 524 g/mol. The van der Waals surface area contributed by atoms with Crippen LogP contribution in [0.2, 0.25) is 0 Å². The molecule has 0 bridgehead atoms. The summed E-state index contributed by atoms with van der Waals surface area (Å²) in [5.74, 6) is 0.414. The number of piperidine rings is 1. The van der Waals surface area contributed by atoms with Gasteiger partial charge < -0.3 is 19.7 Å². The Morgan fingerprint density at radius 1 is 1.03 bits per heavy atom. The van der Waals surface area contributed by atoms with Gasteiger partial charge >= 0.3 is 0 Å². The smallest absolute Gasteiger partial charge is 0.172 e. The van der Waals surface area contributed by atoms with Gasteiger partial charge in [0.1, 0.15) is 11.9 Å². The first kappa shape index (κ1) is 26.3. The van der Waals surface area contributed by atoms with Crippen molar-refractivity contribution in [3.8, 4) is 5.75 Å². The first-order valence-corrected chi connectivity index (χ1v) is 13.3. The van der Waals surface area contributed by atoms with Crippen molar-refractivity contribution in [2.75, 3.05) is 43.6 Å². The van der Waals surface area contributed by atoms with Gasteiger partial charge in [-0.1, -0.05) is 30.3 Å². The third-order valence-electron chi connectivity index (χ3n) is 7.05. The molecule has 0 saturated carbocycles. The van der Waals surface area contributed by atoms with Crippen LogP contribution in [0.4, 0.5) is 20.4 Å². The van der Waals surface area contributed by atoms with Gasteiger partial charge in [-0.15, -0.1) is 0 Å². The number of halogens is 2. The van der Waals surface area contributed by atoms with E-state index in [1.165, 1.54) is 17.7 Å². The molecular formula is C29H35F2N5O2. The van der Waals surface area contributed by atoms with Crippen LogP contribution in [0.25, 0.3) is 0 Å². The third-order valence-corrected chi connectivity index (χ3v) is 7.05. The van der Waals surface area contributed by atoms with Gasteiger partial charge in [-0.25, -0.2) is 18.7 Å². The van der Waals surface area contributed by atoms with Crippen LogP contribution in [0.5, 0.6) is 5.75 Å². The summed E-state index contributed by atoms with van der Waals surface area (Å²) in [4.78, 5) is 14.8. The Morgan fingerprint density at radius 2 is 1.82 bits per heavy atom. The van der Waals surface area contributed by atoms with Crippen molar-refractivity contribution >= 4 is 11.6 Å². The molecule has 5 rings (SSSR count). The van der Waals surface area contributed by atoms with Crippen LogP contribution in [0.15, 0.2) is 48.5 Å². The summed E-state index contributed by atoms with van der Waals surface area (Å²) in [6, 6.07) is 14.0. The number of nitrogens with one attached hydrogen (secondary N) is 1. The van der Waals surface area contributed by atoms with E-state index in [0.717, 1.165) is 55.1 Å². The quantitative estimate of drug-likeness (QED) is 0.432. The Hall–Kier alpha value is -3.30. The van der Waals surface area contributed by atoms with Crippen LogP contribution in [-0.4, -0.2) is 60.4 Å². The Labute approximate surface area is 222 Å². The first-order chi connectivity index (χ1) is 18.5. The summed E-state index contributed by atoms with van der Waals surface area (Å²) < 4.78 is 38.5. The lowest BCUT2D eigenvalue weighted by molar-refractivity contribution is 0.163. The first-order valence-electron chi connectivity index (χ1n) is 13.3. The SMILES string of the molecule is COC[C@@H](C)Nc1nc2c(nc1N1CCC(Oc3ccc(F)cc3F)CC1)CCN(Cc1ccccc1)C2. The highest BCUT2D eigenvalue weighted by molar-refractivity contribution is 5.62. The van der Waals surface area contributed by atoms with Crippen LogP contribution < -0.4 is 15.0 Å². The van der Waals surface area contributed by atoms with Crippen molar-refractivity contribution in [3.63, 3.8) is 0 Å². The number of nitrogens with zero attached hydrogens (tertiary/aromatic N) is 4. The average Bonchev–Trinajstić information content (AvgIpc) is 2.91. The highest BCUT2D eigenvalue weighted by atomic mass is 19.1. The van der Waals surface area contributed by atoms with E-state index in [9.17, 15) is 8.78 Å². The monoisotopic (exact) mass is 523 g/mol. The van der Waals surface area contributed by atoms with Gasteiger partial charge in [-0.05, 0) is 24.6 Å².